The highest BCUT2D eigenvalue weighted by Gasteiger charge is 2.33. The summed E-state index contributed by atoms with van der Waals surface area (Å²) in [6.07, 6.45) is 0. The van der Waals surface area contributed by atoms with Gasteiger partial charge < -0.3 is 0 Å². The molecule has 0 heterocycles. The normalized spacial score (nSPS) is 11.9. The van der Waals surface area contributed by atoms with Crippen LogP contribution < -0.4 is 0 Å². The standard InChI is InChI=1S/C7HBr2F5S/c8-2-1-3(10)4(9)5(11)6(2)15-7(12,13)14/h1H. The molecule has 1 aromatic carbocycles. The zero-order chi connectivity index (χ0) is 11.8. The first-order valence-corrected chi connectivity index (χ1v) is 5.71. The van der Waals surface area contributed by atoms with Crippen LogP contribution in [0.25, 0.3) is 0 Å². The summed E-state index contributed by atoms with van der Waals surface area (Å²) in [7, 11) is 0. The third-order valence-electron chi connectivity index (χ3n) is 1.29. The molecule has 0 amide bonds. The molecule has 0 bridgehead atoms. The predicted octanol–water partition coefficient (Wildman–Crippen LogP) is 5.10. The van der Waals surface area contributed by atoms with E-state index in [2.05, 4.69) is 31.9 Å². The number of rotatable bonds is 1. The number of halogens is 7. The zero-order valence-corrected chi connectivity index (χ0v) is 10.6. The molecule has 8 heteroatoms. The van der Waals surface area contributed by atoms with Gasteiger partial charge in [-0.3, -0.25) is 0 Å². The molecule has 0 aromatic heterocycles. The topological polar surface area (TPSA) is 0 Å². The van der Waals surface area contributed by atoms with Crippen molar-refractivity contribution in [3.8, 4) is 0 Å². The molecule has 0 saturated heterocycles. The summed E-state index contributed by atoms with van der Waals surface area (Å²) >= 11 is 4.54. The van der Waals surface area contributed by atoms with Gasteiger partial charge in [0.05, 0.1) is 9.37 Å². The summed E-state index contributed by atoms with van der Waals surface area (Å²) < 4.78 is 61.2. The van der Waals surface area contributed by atoms with E-state index in [1.54, 1.807) is 0 Å². The summed E-state index contributed by atoms with van der Waals surface area (Å²) in [6.45, 7) is 0. The Balaban J connectivity index is 3.24. The fourth-order valence-corrected chi connectivity index (χ4v) is 2.40. The van der Waals surface area contributed by atoms with Crippen LogP contribution in [-0.2, 0) is 0 Å². The predicted molar refractivity (Wildman–Crippen MR) is 53.7 cm³/mol. The Kier molecular flexibility index (Phi) is 4.05. The molecule has 1 aromatic rings. The van der Waals surface area contributed by atoms with E-state index in [1.165, 1.54) is 0 Å². The molecule has 0 aliphatic carbocycles. The number of hydrogen-bond acceptors (Lipinski definition) is 1. The number of thioether (sulfide) groups is 1. The lowest BCUT2D eigenvalue weighted by Gasteiger charge is -2.10. The molecule has 0 radical (unpaired) electrons. The van der Waals surface area contributed by atoms with E-state index in [9.17, 15) is 22.0 Å². The highest BCUT2D eigenvalue weighted by molar-refractivity contribution is 9.11. The van der Waals surface area contributed by atoms with E-state index in [0.29, 0.717) is 0 Å². The quantitative estimate of drug-likeness (QED) is 0.286. The van der Waals surface area contributed by atoms with Gasteiger partial charge >= 0.3 is 5.51 Å². The van der Waals surface area contributed by atoms with Gasteiger partial charge in [0.2, 0.25) is 0 Å². The minimum absolute atomic E-state index is 0.275. The maximum Gasteiger partial charge on any atom is 0.446 e. The van der Waals surface area contributed by atoms with E-state index in [1.807, 2.05) is 0 Å². The van der Waals surface area contributed by atoms with Gasteiger partial charge in [0.1, 0.15) is 5.82 Å². The molecule has 15 heavy (non-hydrogen) atoms. The van der Waals surface area contributed by atoms with Crippen LogP contribution in [0, 0.1) is 11.6 Å². The van der Waals surface area contributed by atoms with Crippen molar-refractivity contribution in [2.75, 3.05) is 0 Å². The van der Waals surface area contributed by atoms with Crippen molar-refractivity contribution in [2.24, 2.45) is 0 Å². The van der Waals surface area contributed by atoms with E-state index in [-0.39, 0.29) is 4.47 Å². The van der Waals surface area contributed by atoms with Gasteiger partial charge in [-0.25, -0.2) is 8.78 Å². The fourth-order valence-electron chi connectivity index (χ4n) is 0.759. The number of hydrogen-bond donors (Lipinski definition) is 0. The van der Waals surface area contributed by atoms with Crippen LogP contribution >= 0.6 is 43.6 Å². The minimum atomic E-state index is -4.62. The summed E-state index contributed by atoms with van der Waals surface area (Å²) in [5.74, 6) is -2.24. The molecular formula is C7HBr2F5S. The van der Waals surface area contributed by atoms with Crippen molar-refractivity contribution >= 4 is 43.6 Å². The van der Waals surface area contributed by atoms with Gasteiger partial charge in [0.25, 0.3) is 0 Å². The second-order valence-corrected chi connectivity index (χ2v) is 5.07. The second kappa shape index (κ2) is 4.58. The van der Waals surface area contributed by atoms with E-state index >= 15 is 0 Å². The Hall–Kier alpha value is 0.180. The van der Waals surface area contributed by atoms with Crippen molar-refractivity contribution in [3.05, 3.63) is 26.6 Å². The van der Waals surface area contributed by atoms with Gasteiger partial charge in [-0.05, 0) is 49.7 Å². The van der Waals surface area contributed by atoms with Crippen LogP contribution in [0.1, 0.15) is 0 Å². The van der Waals surface area contributed by atoms with Crippen molar-refractivity contribution in [1.29, 1.82) is 0 Å². The summed E-state index contributed by atoms with van der Waals surface area (Å²) in [6, 6.07) is 0.765. The third kappa shape index (κ3) is 3.32. The summed E-state index contributed by atoms with van der Waals surface area (Å²) in [5, 5.41) is 0. The first-order chi connectivity index (χ1) is 6.72. The van der Waals surface area contributed by atoms with Gasteiger partial charge in [-0.1, -0.05) is 0 Å². The van der Waals surface area contributed by atoms with Gasteiger partial charge in [-0.15, -0.1) is 0 Å². The molecule has 0 aliphatic rings. The summed E-state index contributed by atoms with van der Waals surface area (Å²) in [4.78, 5) is -0.698. The fraction of sp³-hybridized carbons (Fsp3) is 0.143. The van der Waals surface area contributed by atoms with Crippen LogP contribution in [0.2, 0.25) is 0 Å². The Morgan fingerprint density at radius 3 is 2.13 bits per heavy atom. The second-order valence-electron chi connectivity index (χ2n) is 2.35. The first-order valence-electron chi connectivity index (χ1n) is 3.31. The number of benzene rings is 1. The molecule has 1 rings (SSSR count). The molecule has 0 atom stereocenters. The van der Waals surface area contributed by atoms with Crippen LogP contribution in [0.15, 0.2) is 19.9 Å². The maximum atomic E-state index is 13.2. The van der Waals surface area contributed by atoms with Gasteiger partial charge in [0.15, 0.2) is 5.82 Å². The molecule has 0 nitrogen and oxygen atoms in total. The smallest absolute Gasteiger partial charge is 0.206 e. The van der Waals surface area contributed by atoms with Crippen molar-refractivity contribution < 1.29 is 22.0 Å². The lowest BCUT2D eigenvalue weighted by Crippen LogP contribution is -2.02. The van der Waals surface area contributed by atoms with Crippen molar-refractivity contribution in [1.82, 2.24) is 0 Å². The maximum absolute atomic E-state index is 13.2. The largest absolute Gasteiger partial charge is 0.446 e. The van der Waals surface area contributed by atoms with E-state index in [4.69, 9.17) is 0 Å². The molecule has 0 spiro atoms. The minimum Gasteiger partial charge on any atom is -0.206 e. The van der Waals surface area contributed by atoms with Crippen molar-refractivity contribution in [3.63, 3.8) is 0 Å². The highest BCUT2D eigenvalue weighted by atomic mass is 79.9. The van der Waals surface area contributed by atoms with Gasteiger partial charge in [0, 0.05) is 4.47 Å². The Morgan fingerprint density at radius 2 is 1.67 bits per heavy atom. The molecule has 0 unspecified atom stereocenters. The Labute approximate surface area is 102 Å². The Morgan fingerprint density at radius 1 is 1.13 bits per heavy atom. The van der Waals surface area contributed by atoms with Gasteiger partial charge in [-0.2, -0.15) is 13.2 Å². The zero-order valence-electron chi connectivity index (χ0n) is 6.63. The first kappa shape index (κ1) is 13.2. The van der Waals surface area contributed by atoms with E-state index < -0.39 is 38.3 Å². The van der Waals surface area contributed by atoms with Crippen LogP contribution in [-0.4, -0.2) is 5.51 Å². The molecular weight excluding hydrogens is 371 g/mol. The molecule has 0 N–H and O–H groups in total. The third-order valence-corrected chi connectivity index (χ3v) is 3.74. The monoisotopic (exact) mass is 370 g/mol. The number of alkyl halides is 3. The lowest BCUT2D eigenvalue weighted by atomic mass is 10.3. The molecule has 0 saturated carbocycles. The molecule has 0 fully saturated rings. The summed E-state index contributed by atoms with van der Waals surface area (Å²) in [5.41, 5.74) is -4.62. The highest BCUT2D eigenvalue weighted by Crippen LogP contribution is 2.43. The molecule has 84 valence electrons. The van der Waals surface area contributed by atoms with Crippen LogP contribution in [0.3, 0.4) is 0 Å². The van der Waals surface area contributed by atoms with Crippen LogP contribution in [0.4, 0.5) is 22.0 Å². The molecule has 0 aliphatic heterocycles. The lowest BCUT2D eigenvalue weighted by molar-refractivity contribution is -0.0329. The average molecular weight is 372 g/mol. The van der Waals surface area contributed by atoms with Crippen LogP contribution in [0.5, 0.6) is 0 Å². The van der Waals surface area contributed by atoms with Crippen molar-refractivity contribution in [2.45, 2.75) is 10.4 Å². The van der Waals surface area contributed by atoms with E-state index in [0.717, 1.165) is 6.07 Å². The average Bonchev–Trinajstić information content (AvgIpc) is 2.07. The Bertz CT molecular complexity index is 390. The SMILES string of the molecule is Fc1cc(Br)c(SC(F)(F)F)c(F)c1Br.